The van der Waals surface area contributed by atoms with Crippen LogP contribution in [0.2, 0.25) is 0 Å². The largest absolute Gasteiger partial charge is 0.310 e. The highest BCUT2D eigenvalue weighted by Gasteiger charge is 2.22. The van der Waals surface area contributed by atoms with Gasteiger partial charge in [-0.05, 0) is 136 Å². The lowest BCUT2D eigenvalue weighted by Crippen LogP contribution is -2.09. The number of nitrogens with zero attached hydrogens (tertiary/aromatic N) is 1. The highest BCUT2D eigenvalue weighted by molar-refractivity contribution is 6.34. The van der Waals surface area contributed by atoms with Crippen molar-refractivity contribution < 1.29 is 0 Å². The Bertz CT molecular complexity index is 3050. The van der Waals surface area contributed by atoms with Crippen LogP contribution in [0, 0.1) is 0 Å². The molecular formula is C54H37N. The maximum Gasteiger partial charge on any atom is 0.0468 e. The van der Waals surface area contributed by atoms with Gasteiger partial charge in [0.1, 0.15) is 0 Å². The van der Waals surface area contributed by atoms with E-state index in [4.69, 9.17) is 0 Å². The van der Waals surface area contributed by atoms with E-state index in [1.165, 1.54) is 65.0 Å². The lowest BCUT2D eigenvalue weighted by Gasteiger charge is -2.26. The van der Waals surface area contributed by atoms with Gasteiger partial charge in [0.15, 0.2) is 0 Å². The first-order valence-electron chi connectivity index (χ1n) is 18.8. The molecule has 0 radical (unpaired) electrons. The highest BCUT2D eigenvalue weighted by Crippen LogP contribution is 2.48. The Morgan fingerprint density at radius 2 is 0.800 bits per heavy atom. The van der Waals surface area contributed by atoms with E-state index < -0.39 is 0 Å². The Morgan fingerprint density at radius 1 is 0.327 bits per heavy atom. The minimum absolute atomic E-state index is 1.09. The highest BCUT2D eigenvalue weighted by atomic mass is 15.1. The first-order chi connectivity index (χ1) is 27.2. The fraction of sp³-hybridized carbons (Fsp3) is 0. The van der Waals surface area contributed by atoms with Crippen LogP contribution in [0.1, 0.15) is 11.1 Å². The molecule has 0 unspecified atom stereocenters. The summed E-state index contributed by atoms with van der Waals surface area (Å²) in [5, 5.41) is 12.3. The minimum atomic E-state index is 1.09. The maximum atomic E-state index is 4.38. The summed E-state index contributed by atoms with van der Waals surface area (Å²) in [4.78, 5) is 2.35. The van der Waals surface area contributed by atoms with Crippen LogP contribution in [-0.2, 0) is 0 Å². The van der Waals surface area contributed by atoms with Crippen molar-refractivity contribution in [3.8, 4) is 22.3 Å². The van der Waals surface area contributed by atoms with Crippen LogP contribution < -0.4 is 4.90 Å². The van der Waals surface area contributed by atoms with Crippen molar-refractivity contribution in [1.82, 2.24) is 0 Å². The van der Waals surface area contributed by atoms with Crippen molar-refractivity contribution in [3.63, 3.8) is 0 Å². The van der Waals surface area contributed by atoms with Crippen LogP contribution in [0.5, 0.6) is 0 Å². The topological polar surface area (TPSA) is 3.24 Å². The maximum absolute atomic E-state index is 4.38. The summed E-state index contributed by atoms with van der Waals surface area (Å²) in [5.74, 6) is 0. The summed E-state index contributed by atoms with van der Waals surface area (Å²) in [7, 11) is 0. The molecule has 0 saturated carbocycles. The summed E-state index contributed by atoms with van der Waals surface area (Å²) in [6.07, 6.45) is 4.02. The molecule has 55 heavy (non-hydrogen) atoms. The van der Waals surface area contributed by atoms with E-state index in [0.717, 1.165) is 39.3 Å². The third kappa shape index (κ3) is 5.24. The lowest BCUT2D eigenvalue weighted by atomic mass is 9.81. The number of anilines is 3. The molecule has 0 aromatic heterocycles. The van der Waals surface area contributed by atoms with E-state index in [1.807, 2.05) is 12.2 Å². The minimum Gasteiger partial charge on any atom is -0.310 e. The third-order valence-corrected chi connectivity index (χ3v) is 11.1. The quantitative estimate of drug-likeness (QED) is 0.118. The number of para-hydroxylation sites is 2. The van der Waals surface area contributed by atoms with Crippen molar-refractivity contribution in [3.05, 3.63) is 212 Å². The van der Waals surface area contributed by atoms with Crippen molar-refractivity contribution in [1.29, 1.82) is 0 Å². The first kappa shape index (κ1) is 32.4. The van der Waals surface area contributed by atoms with Crippen LogP contribution in [0.25, 0.3) is 88.3 Å². The van der Waals surface area contributed by atoms with Gasteiger partial charge in [-0.3, -0.25) is 0 Å². The molecule has 10 rings (SSSR count). The fourth-order valence-corrected chi connectivity index (χ4v) is 8.77. The molecule has 10 aromatic rings. The van der Waals surface area contributed by atoms with Crippen LogP contribution in [0.3, 0.4) is 0 Å². The molecule has 0 N–H and O–H groups in total. The Morgan fingerprint density at radius 3 is 1.36 bits per heavy atom. The van der Waals surface area contributed by atoms with Gasteiger partial charge in [-0.15, -0.1) is 0 Å². The Labute approximate surface area is 321 Å². The summed E-state index contributed by atoms with van der Waals surface area (Å²) in [5.41, 5.74) is 10.2. The molecule has 0 fully saturated rings. The molecule has 0 heterocycles. The summed E-state index contributed by atoms with van der Waals surface area (Å²) in [6, 6.07) is 68.1. The van der Waals surface area contributed by atoms with Crippen molar-refractivity contribution in [2.45, 2.75) is 0 Å². The van der Waals surface area contributed by atoms with Gasteiger partial charge in [0.05, 0.1) is 0 Å². The van der Waals surface area contributed by atoms with E-state index in [-0.39, 0.29) is 0 Å². The zero-order chi connectivity index (χ0) is 36.9. The Kier molecular flexibility index (Phi) is 7.86. The second-order valence-electron chi connectivity index (χ2n) is 14.1. The van der Waals surface area contributed by atoms with Crippen molar-refractivity contribution in [2.24, 2.45) is 0 Å². The second kappa shape index (κ2) is 13.3. The van der Waals surface area contributed by atoms with Gasteiger partial charge >= 0.3 is 0 Å². The first-order valence-corrected chi connectivity index (χ1v) is 18.8. The molecule has 0 atom stereocenters. The smallest absolute Gasteiger partial charge is 0.0468 e. The van der Waals surface area contributed by atoms with Crippen molar-refractivity contribution >= 4 is 83.1 Å². The number of hydrogen-bond donors (Lipinski definition) is 0. The van der Waals surface area contributed by atoms with E-state index in [9.17, 15) is 0 Å². The Balaban J connectivity index is 1.40. The predicted molar refractivity (Wildman–Crippen MR) is 240 cm³/mol. The van der Waals surface area contributed by atoms with Crippen LogP contribution in [0.15, 0.2) is 201 Å². The predicted octanol–water partition coefficient (Wildman–Crippen LogP) is 15.5. The SMILES string of the molecule is C=Cc1c(C=C)c(-c2ccccc2)c2cc3c(cc2c1-c1ccccc1)c1ccc(N(c2ccccc2)c2ccccc2)cc1c1ccc2ccccc2c13. The van der Waals surface area contributed by atoms with E-state index in [2.05, 4.69) is 206 Å². The molecule has 0 aliphatic heterocycles. The number of fused-ring (bicyclic) bond motifs is 9. The van der Waals surface area contributed by atoms with Gasteiger partial charge in [-0.25, -0.2) is 0 Å². The molecule has 0 bridgehead atoms. The molecule has 258 valence electrons. The lowest BCUT2D eigenvalue weighted by molar-refractivity contribution is 1.29. The summed E-state index contributed by atoms with van der Waals surface area (Å²) in [6.45, 7) is 8.75. The van der Waals surface area contributed by atoms with Crippen LogP contribution >= 0.6 is 0 Å². The van der Waals surface area contributed by atoms with E-state index in [0.29, 0.717) is 0 Å². The normalized spacial score (nSPS) is 11.4. The van der Waals surface area contributed by atoms with Gasteiger partial charge in [0.25, 0.3) is 0 Å². The molecule has 0 aliphatic rings. The van der Waals surface area contributed by atoms with E-state index >= 15 is 0 Å². The van der Waals surface area contributed by atoms with Crippen LogP contribution in [0.4, 0.5) is 17.1 Å². The number of hydrogen-bond acceptors (Lipinski definition) is 1. The fourth-order valence-electron chi connectivity index (χ4n) is 8.77. The van der Waals surface area contributed by atoms with Gasteiger partial charge in [-0.2, -0.15) is 0 Å². The molecule has 0 spiro atoms. The molecular weight excluding hydrogens is 663 g/mol. The van der Waals surface area contributed by atoms with E-state index in [1.54, 1.807) is 0 Å². The number of benzene rings is 10. The standard InChI is InChI=1S/C54H37N/c1-3-42-43(4-2)53(38-22-11-6-12-23-38)51-35-49-48(34-50(51)52(42)37-20-9-5-10-21-37)45-32-30-41(55(39-24-13-7-14-25-39)40-26-15-8-16-27-40)33-47(45)46-31-29-36-19-17-18-28-44(36)54(46)49/h3-35H,1-2H2. The van der Waals surface area contributed by atoms with Gasteiger partial charge in [0, 0.05) is 17.1 Å². The Hall–Kier alpha value is -7.22. The molecule has 1 heteroatoms. The summed E-state index contributed by atoms with van der Waals surface area (Å²) < 4.78 is 0. The molecule has 0 amide bonds. The van der Waals surface area contributed by atoms with Gasteiger partial charge < -0.3 is 4.90 Å². The van der Waals surface area contributed by atoms with Gasteiger partial charge in [0.2, 0.25) is 0 Å². The molecule has 1 nitrogen and oxygen atoms in total. The summed E-state index contributed by atoms with van der Waals surface area (Å²) >= 11 is 0. The molecule has 0 saturated heterocycles. The zero-order valence-corrected chi connectivity index (χ0v) is 30.4. The third-order valence-electron chi connectivity index (χ3n) is 11.1. The van der Waals surface area contributed by atoms with Crippen molar-refractivity contribution in [2.75, 3.05) is 4.90 Å². The average molecular weight is 700 g/mol. The second-order valence-corrected chi connectivity index (χ2v) is 14.1. The number of rotatable bonds is 7. The molecule has 10 aromatic carbocycles. The van der Waals surface area contributed by atoms with Gasteiger partial charge in [-0.1, -0.05) is 165 Å². The van der Waals surface area contributed by atoms with Crippen LogP contribution in [-0.4, -0.2) is 0 Å². The zero-order valence-electron chi connectivity index (χ0n) is 30.4. The molecule has 0 aliphatic carbocycles. The monoisotopic (exact) mass is 699 g/mol. The average Bonchev–Trinajstić information content (AvgIpc) is 3.26.